The van der Waals surface area contributed by atoms with Gasteiger partial charge in [0.05, 0.1) is 36.6 Å². The Hall–Kier alpha value is -2.20. The normalized spacial score (nSPS) is 24.0. The van der Waals surface area contributed by atoms with Crippen molar-refractivity contribution in [2.24, 2.45) is 0 Å². The maximum absolute atomic E-state index is 13.4. The number of fused-ring (bicyclic) bond motifs is 6. The summed E-state index contributed by atoms with van der Waals surface area (Å²) in [5.74, 6) is 0.719. The maximum Gasteiger partial charge on any atom is 0.260 e. The lowest BCUT2D eigenvalue weighted by Gasteiger charge is -2.30. The molecule has 1 fully saturated rings. The zero-order valence-corrected chi connectivity index (χ0v) is 25.1. The second-order valence-corrected chi connectivity index (χ2v) is 18.0. The van der Waals surface area contributed by atoms with Crippen molar-refractivity contribution in [2.45, 2.75) is 96.1 Å². The molecule has 8 nitrogen and oxygen atoms in total. The molecule has 2 aromatic rings. The Bertz CT molecular complexity index is 1170. The lowest BCUT2D eigenvalue weighted by atomic mass is 9.91. The molecular weight excluding hydrogens is 510 g/mol. The topological polar surface area (TPSA) is 75.0 Å². The number of hydrogen-bond acceptors (Lipinski definition) is 6. The average Bonchev–Trinajstić information content (AvgIpc) is 3.51. The highest BCUT2D eigenvalue weighted by Gasteiger charge is 2.39. The Labute approximate surface area is 233 Å². The third-order valence-electron chi connectivity index (χ3n) is 8.15. The fraction of sp³-hybridized carbons (Fsp3) is 0.667. The molecule has 0 radical (unpaired) electrons. The van der Waals surface area contributed by atoms with Gasteiger partial charge in [0.25, 0.3) is 5.91 Å². The molecular formula is C30H45N3O5Si. The van der Waals surface area contributed by atoms with Gasteiger partial charge in [0, 0.05) is 44.8 Å². The van der Waals surface area contributed by atoms with E-state index in [9.17, 15) is 4.79 Å². The van der Waals surface area contributed by atoms with Gasteiger partial charge in [-0.1, -0.05) is 39.1 Å². The second kappa shape index (κ2) is 12.5. The molecule has 0 N–H and O–H groups in total. The van der Waals surface area contributed by atoms with Crippen molar-refractivity contribution < 1.29 is 23.7 Å². The average molecular weight is 556 g/mol. The number of amides is 1. The van der Waals surface area contributed by atoms with Crippen LogP contribution < -0.4 is 4.74 Å². The first-order valence-corrected chi connectivity index (χ1v) is 18.5. The van der Waals surface area contributed by atoms with E-state index in [-0.39, 0.29) is 30.8 Å². The minimum Gasteiger partial charge on any atom is -0.483 e. The van der Waals surface area contributed by atoms with Crippen LogP contribution in [0.4, 0.5) is 0 Å². The summed E-state index contributed by atoms with van der Waals surface area (Å²) in [6.07, 6.45) is 10.1. The second-order valence-electron chi connectivity index (χ2n) is 12.4. The summed E-state index contributed by atoms with van der Waals surface area (Å²) in [6, 6.07) is 5.24. The summed E-state index contributed by atoms with van der Waals surface area (Å²) in [6.45, 7) is 12.3. The van der Waals surface area contributed by atoms with Crippen molar-refractivity contribution in [3.8, 4) is 5.75 Å². The van der Waals surface area contributed by atoms with E-state index in [0.29, 0.717) is 19.9 Å². The van der Waals surface area contributed by atoms with Crippen LogP contribution in [-0.4, -0.2) is 79.9 Å². The van der Waals surface area contributed by atoms with Crippen LogP contribution in [0.1, 0.15) is 51.0 Å². The molecule has 4 heterocycles. The van der Waals surface area contributed by atoms with E-state index >= 15 is 0 Å². The Kier molecular flexibility index (Phi) is 9.11. The van der Waals surface area contributed by atoms with Crippen LogP contribution in [0.15, 0.2) is 24.4 Å². The molecule has 9 heteroatoms. The summed E-state index contributed by atoms with van der Waals surface area (Å²) in [4.78, 5) is 15.4. The minimum absolute atomic E-state index is 0.00571. The number of rotatable bonds is 9. The fourth-order valence-electron chi connectivity index (χ4n) is 5.68. The van der Waals surface area contributed by atoms with Gasteiger partial charge in [0.1, 0.15) is 12.5 Å². The number of carbonyl (C=O) groups excluding carboxylic acids is 1. The van der Waals surface area contributed by atoms with E-state index in [0.717, 1.165) is 80.0 Å². The first kappa shape index (κ1) is 28.3. The van der Waals surface area contributed by atoms with E-state index < -0.39 is 8.07 Å². The summed E-state index contributed by atoms with van der Waals surface area (Å²) in [5, 5.41) is 5.65. The Morgan fingerprint density at radius 1 is 1.18 bits per heavy atom. The molecule has 1 aromatic heterocycles. The van der Waals surface area contributed by atoms with Crippen molar-refractivity contribution >= 4 is 30.5 Å². The largest absolute Gasteiger partial charge is 0.483 e. The Balaban J connectivity index is 1.38. The SMILES string of the molecule is CCCCO[C@@H]1CCN2C(=O)COc3cc4c(cnn4COCC[Si](C)(C)C)cc3C3=CCC(CC3)OC[C@@H]12. The Morgan fingerprint density at radius 2 is 2.05 bits per heavy atom. The molecule has 1 aliphatic carbocycles. The predicted molar refractivity (Wildman–Crippen MR) is 156 cm³/mol. The molecule has 1 amide bonds. The first-order valence-electron chi connectivity index (χ1n) is 14.7. The molecule has 2 bridgehead atoms. The summed E-state index contributed by atoms with van der Waals surface area (Å²) >= 11 is 0. The zero-order chi connectivity index (χ0) is 27.4. The van der Waals surface area contributed by atoms with Crippen LogP contribution in [0.25, 0.3) is 16.5 Å². The fourth-order valence-corrected chi connectivity index (χ4v) is 6.44. The van der Waals surface area contributed by atoms with Gasteiger partial charge >= 0.3 is 0 Å². The van der Waals surface area contributed by atoms with Gasteiger partial charge in [-0.05, 0) is 49.8 Å². The summed E-state index contributed by atoms with van der Waals surface area (Å²) in [5.41, 5.74) is 3.25. The standard InChI is InChI=1S/C30H45N3O5Si/c1-5-6-13-36-28-11-12-32-27(28)19-37-24-9-7-22(8-10-24)25-16-23-18-31-33(21-35-14-15-39(2,3)4)26(23)17-29(25)38-20-30(32)34/h7,16-18,24,27-28H,5-6,8-15,19-21H2,1-4H3/t24?,27-,28+/m0/s1. The smallest absolute Gasteiger partial charge is 0.260 e. The number of ether oxygens (including phenoxy) is 4. The number of benzene rings is 1. The monoisotopic (exact) mass is 555 g/mol. The van der Waals surface area contributed by atoms with Crippen LogP contribution in [-0.2, 0) is 25.7 Å². The highest BCUT2D eigenvalue weighted by atomic mass is 28.3. The van der Waals surface area contributed by atoms with Gasteiger partial charge < -0.3 is 23.8 Å². The lowest BCUT2D eigenvalue weighted by Crippen LogP contribution is -2.46. The van der Waals surface area contributed by atoms with Crippen LogP contribution in [0, 0.1) is 0 Å². The molecule has 6 rings (SSSR count). The number of nitrogens with zero attached hydrogens (tertiary/aromatic N) is 3. The highest BCUT2D eigenvalue weighted by molar-refractivity contribution is 6.76. The number of allylic oxidation sites excluding steroid dienone is 1. The van der Waals surface area contributed by atoms with E-state index in [1.807, 2.05) is 21.8 Å². The van der Waals surface area contributed by atoms with E-state index in [2.05, 4.69) is 43.8 Å². The van der Waals surface area contributed by atoms with Gasteiger partial charge in [-0.15, -0.1) is 0 Å². The Morgan fingerprint density at radius 3 is 2.82 bits per heavy atom. The van der Waals surface area contributed by atoms with Gasteiger partial charge in [-0.3, -0.25) is 4.79 Å². The van der Waals surface area contributed by atoms with Crippen molar-refractivity contribution in [3.63, 3.8) is 0 Å². The minimum atomic E-state index is -1.15. The third-order valence-corrected chi connectivity index (χ3v) is 9.85. The van der Waals surface area contributed by atoms with Crippen molar-refractivity contribution in [1.29, 1.82) is 0 Å². The van der Waals surface area contributed by atoms with Crippen LogP contribution in [0.5, 0.6) is 5.75 Å². The maximum atomic E-state index is 13.4. The molecule has 3 aliphatic heterocycles. The number of aromatic nitrogens is 2. The van der Waals surface area contributed by atoms with E-state index in [4.69, 9.17) is 18.9 Å². The molecule has 3 atom stereocenters. The quantitative estimate of drug-likeness (QED) is 0.301. The highest BCUT2D eigenvalue weighted by Crippen LogP contribution is 2.37. The first-order chi connectivity index (χ1) is 18.8. The molecule has 4 aliphatic rings. The summed E-state index contributed by atoms with van der Waals surface area (Å²) < 4.78 is 26.8. The molecule has 214 valence electrons. The zero-order valence-electron chi connectivity index (χ0n) is 24.1. The molecule has 1 aromatic carbocycles. The van der Waals surface area contributed by atoms with Crippen molar-refractivity contribution in [2.75, 3.05) is 33.0 Å². The van der Waals surface area contributed by atoms with Crippen molar-refractivity contribution in [1.82, 2.24) is 14.7 Å². The molecule has 0 spiro atoms. The van der Waals surface area contributed by atoms with E-state index in [1.54, 1.807) is 0 Å². The molecule has 0 saturated carbocycles. The molecule has 1 saturated heterocycles. The molecule has 1 unspecified atom stereocenters. The molecule has 39 heavy (non-hydrogen) atoms. The predicted octanol–water partition coefficient (Wildman–Crippen LogP) is 5.48. The number of carbonyl (C=O) groups is 1. The van der Waals surface area contributed by atoms with Gasteiger partial charge in [0.15, 0.2) is 6.61 Å². The van der Waals surface area contributed by atoms with Gasteiger partial charge in [-0.25, -0.2) is 4.68 Å². The van der Waals surface area contributed by atoms with Crippen LogP contribution in [0.3, 0.4) is 0 Å². The van der Waals surface area contributed by atoms with E-state index in [1.165, 1.54) is 5.57 Å². The lowest BCUT2D eigenvalue weighted by molar-refractivity contribution is -0.138. The van der Waals surface area contributed by atoms with Crippen LogP contribution in [0.2, 0.25) is 25.7 Å². The van der Waals surface area contributed by atoms with Crippen molar-refractivity contribution in [3.05, 3.63) is 30.0 Å². The van der Waals surface area contributed by atoms with Gasteiger partial charge in [-0.2, -0.15) is 5.10 Å². The third kappa shape index (κ3) is 6.93. The number of hydrogen-bond donors (Lipinski definition) is 0. The van der Waals surface area contributed by atoms with Gasteiger partial charge in [0.2, 0.25) is 0 Å². The summed E-state index contributed by atoms with van der Waals surface area (Å²) in [7, 11) is -1.15. The van der Waals surface area contributed by atoms with Crippen LogP contribution >= 0.6 is 0 Å². The number of unbranched alkanes of at least 4 members (excludes halogenated alkanes) is 1.